The van der Waals surface area contributed by atoms with Crippen molar-refractivity contribution in [2.75, 3.05) is 6.54 Å². The van der Waals surface area contributed by atoms with E-state index < -0.39 is 42.2 Å². The third-order valence-corrected chi connectivity index (χ3v) is 4.68. The highest BCUT2D eigenvalue weighted by atomic mass is 16.6. The minimum Gasteiger partial charge on any atom is -0.423 e. The number of nitrogens with two attached hydrogens (primary N) is 1. The Balaban J connectivity index is 1.64. The van der Waals surface area contributed by atoms with Gasteiger partial charge in [-0.25, -0.2) is 0 Å². The first kappa shape index (κ1) is 24.1. The predicted molar refractivity (Wildman–Crippen MR) is 120 cm³/mol. The summed E-state index contributed by atoms with van der Waals surface area (Å²) in [5.74, 6) is -4.01. The van der Waals surface area contributed by atoms with Crippen LogP contribution in [0.25, 0.3) is 0 Å². The number of amides is 3. The maximum atomic E-state index is 12.6. The number of aliphatic imine (C=N–C) groups is 1. The monoisotopic (exact) mass is 466 g/mol. The van der Waals surface area contributed by atoms with Crippen LogP contribution in [-0.2, 0) is 19.2 Å². The molecule has 3 amide bonds. The molecule has 4 N–H and O–H groups in total. The first-order valence-corrected chi connectivity index (χ1v) is 10.2. The molecule has 0 aromatic heterocycles. The molecular weight excluding hydrogens is 444 g/mol. The van der Waals surface area contributed by atoms with Gasteiger partial charge in [-0.3, -0.25) is 29.0 Å². The minimum absolute atomic E-state index is 0.104. The van der Waals surface area contributed by atoms with Gasteiger partial charge in [0, 0.05) is 25.8 Å². The molecule has 0 saturated heterocycles. The lowest BCUT2D eigenvalue weighted by molar-refractivity contribution is -0.134. The van der Waals surface area contributed by atoms with E-state index >= 15 is 0 Å². The number of nitrogens with zero attached hydrogens (tertiary/aromatic N) is 1. The van der Waals surface area contributed by atoms with Crippen molar-refractivity contribution in [3.05, 3.63) is 53.6 Å². The van der Waals surface area contributed by atoms with Crippen molar-refractivity contribution in [1.29, 1.82) is 0 Å². The van der Waals surface area contributed by atoms with Gasteiger partial charge in [-0.05, 0) is 18.2 Å². The van der Waals surface area contributed by atoms with Gasteiger partial charge in [-0.1, -0.05) is 24.3 Å². The molecule has 1 aliphatic rings. The van der Waals surface area contributed by atoms with Gasteiger partial charge in [0.25, 0.3) is 5.91 Å². The Morgan fingerprint density at radius 3 is 2.32 bits per heavy atom. The molecule has 0 spiro atoms. The van der Waals surface area contributed by atoms with Crippen LogP contribution in [0.3, 0.4) is 0 Å². The summed E-state index contributed by atoms with van der Waals surface area (Å²) in [6, 6.07) is 10.4. The second kappa shape index (κ2) is 10.4. The fraction of sp³-hybridized carbons (Fsp3) is 0.217. The SMILES string of the molecule is CC(=O)Oc1cccc(C(=O)NCC(=O)N[C@@H](CC2=Nc3ccccc32)C(N)=O)c1OC(C)=O. The topological polar surface area (TPSA) is 166 Å². The molecule has 11 nitrogen and oxygen atoms in total. The maximum absolute atomic E-state index is 12.6. The van der Waals surface area contributed by atoms with Crippen LogP contribution in [0.4, 0.5) is 5.69 Å². The number of benzene rings is 2. The van der Waals surface area contributed by atoms with E-state index in [1.165, 1.54) is 18.2 Å². The second-order valence-electron chi connectivity index (χ2n) is 7.31. The highest BCUT2D eigenvalue weighted by Gasteiger charge is 2.26. The number of esters is 2. The average Bonchev–Trinajstić information content (AvgIpc) is 2.75. The van der Waals surface area contributed by atoms with E-state index in [-0.39, 0.29) is 23.5 Å². The van der Waals surface area contributed by atoms with Crippen LogP contribution in [0.5, 0.6) is 11.5 Å². The Morgan fingerprint density at radius 1 is 0.971 bits per heavy atom. The molecule has 2 aromatic carbocycles. The van der Waals surface area contributed by atoms with Crippen molar-refractivity contribution in [2.24, 2.45) is 10.7 Å². The lowest BCUT2D eigenvalue weighted by Gasteiger charge is -2.22. The van der Waals surface area contributed by atoms with Gasteiger partial charge >= 0.3 is 11.9 Å². The van der Waals surface area contributed by atoms with Crippen LogP contribution in [0.15, 0.2) is 47.5 Å². The molecule has 0 fully saturated rings. The van der Waals surface area contributed by atoms with E-state index in [1.54, 1.807) is 0 Å². The number of hydrogen-bond acceptors (Lipinski definition) is 8. The van der Waals surface area contributed by atoms with E-state index in [1.807, 2.05) is 24.3 Å². The van der Waals surface area contributed by atoms with Gasteiger partial charge in [0.15, 0.2) is 11.5 Å². The number of para-hydroxylation sites is 2. The van der Waals surface area contributed by atoms with E-state index in [9.17, 15) is 24.0 Å². The number of primary amides is 1. The van der Waals surface area contributed by atoms with Crippen molar-refractivity contribution in [3.63, 3.8) is 0 Å². The number of fused-ring (bicyclic) bond motifs is 1. The molecule has 0 saturated carbocycles. The predicted octanol–water partition coefficient (Wildman–Crippen LogP) is 0.762. The summed E-state index contributed by atoms with van der Waals surface area (Å²) < 4.78 is 10.0. The molecule has 34 heavy (non-hydrogen) atoms. The number of hydrogen-bond donors (Lipinski definition) is 3. The Bertz CT molecular complexity index is 1210. The molecule has 0 unspecified atom stereocenters. The highest BCUT2D eigenvalue weighted by molar-refractivity contribution is 6.14. The van der Waals surface area contributed by atoms with Gasteiger partial charge in [-0.15, -0.1) is 0 Å². The number of carbonyl (C=O) groups is 5. The number of ether oxygens (including phenoxy) is 2. The van der Waals surface area contributed by atoms with Crippen LogP contribution in [0.2, 0.25) is 0 Å². The number of rotatable bonds is 9. The van der Waals surface area contributed by atoms with Crippen molar-refractivity contribution in [2.45, 2.75) is 26.3 Å². The maximum Gasteiger partial charge on any atom is 0.308 e. The summed E-state index contributed by atoms with van der Waals surface area (Å²) >= 11 is 0. The van der Waals surface area contributed by atoms with Gasteiger partial charge < -0.3 is 25.8 Å². The average molecular weight is 466 g/mol. The Labute approximate surface area is 194 Å². The third-order valence-electron chi connectivity index (χ3n) is 4.68. The second-order valence-corrected chi connectivity index (χ2v) is 7.31. The minimum atomic E-state index is -1.03. The van der Waals surface area contributed by atoms with E-state index in [2.05, 4.69) is 15.6 Å². The Morgan fingerprint density at radius 2 is 1.68 bits per heavy atom. The zero-order chi connectivity index (χ0) is 24.8. The first-order valence-electron chi connectivity index (χ1n) is 10.2. The molecule has 1 atom stereocenters. The van der Waals surface area contributed by atoms with E-state index in [0.29, 0.717) is 5.71 Å². The fourth-order valence-corrected chi connectivity index (χ4v) is 3.22. The smallest absolute Gasteiger partial charge is 0.308 e. The van der Waals surface area contributed by atoms with Crippen LogP contribution in [0.1, 0.15) is 36.2 Å². The Hall–Kier alpha value is -4.54. The van der Waals surface area contributed by atoms with Crippen molar-refractivity contribution >= 4 is 41.1 Å². The van der Waals surface area contributed by atoms with Gasteiger partial charge in [-0.2, -0.15) is 0 Å². The van der Waals surface area contributed by atoms with Gasteiger partial charge in [0.1, 0.15) is 6.04 Å². The molecule has 0 bridgehead atoms. The van der Waals surface area contributed by atoms with Crippen molar-refractivity contribution in [1.82, 2.24) is 10.6 Å². The van der Waals surface area contributed by atoms with Crippen LogP contribution >= 0.6 is 0 Å². The number of nitrogens with one attached hydrogen (secondary N) is 2. The first-order chi connectivity index (χ1) is 16.2. The summed E-state index contributed by atoms with van der Waals surface area (Å²) in [7, 11) is 0. The van der Waals surface area contributed by atoms with Crippen molar-refractivity contribution < 1.29 is 33.4 Å². The van der Waals surface area contributed by atoms with Crippen LogP contribution in [0, 0.1) is 0 Å². The summed E-state index contributed by atoms with van der Waals surface area (Å²) in [6.45, 7) is 1.77. The standard InChI is InChI=1S/C23H22N4O7/c1-12(28)33-19-9-5-7-15(21(19)34-13(2)29)23(32)25-11-20(30)27-18(22(24)31)10-17-14-6-3-4-8-16(14)26-17/h3-9,18H,10-11H2,1-2H3,(H2,24,31)(H,25,32)(H,27,30)/t18-/m0/s1. The summed E-state index contributed by atoms with van der Waals surface area (Å²) in [6.07, 6.45) is 0.104. The molecule has 0 aliphatic carbocycles. The summed E-state index contributed by atoms with van der Waals surface area (Å²) in [5, 5.41) is 4.84. The normalized spacial score (nSPS) is 12.2. The quantitative estimate of drug-likeness (QED) is 0.362. The number of carbonyl (C=O) groups excluding carboxylic acids is 5. The molecular formula is C23H22N4O7. The Kier molecular flexibility index (Phi) is 7.36. The third kappa shape index (κ3) is 5.82. The zero-order valence-corrected chi connectivity index (χ0v) is 18.4. The van der Waals surface area contributed by atoms with E-state index in [4.69, 9.17) is 15.2 Å². The molecule has 1 heterocycles. The van der Waals surface area contributed by atoms with Gasteiger partial charge in [0.05, 0.1) is 23.5 Å². The van der Waals surface area contributed by atoms with Crippen molar-refractivity contribution in [3.8, 4) is 11.5 Å². The lowest BCUT2D eigenvalue weighted by atomic mass is 9.96. The largest absolute Gasteiger partial charge is 0.423 e. The highest BCUT2D eigenvalue weighted by Crippen LogP contribution is 2.32. The van der Waals surface area contributed by atoms with Crippen LogP contribution in [-0.4, -0.2) is 48.0 Å². The summed E-state index contributed by atoms with van der Waals surface area (Å²) in [4.78, 5) is 63.9. The molecule has 1 aliphatic heterocycles. The molecule has 2 aromatic rings. The summed E-state index contributed by atoms with van der Waals surface area (Å²) in [5.41, 5.74) is 7.59. The molecule has 176 valence electrons. The lowest BCUT2D eigenvalue weighted by Crippen LogP contribution is -2.49. The van der Waals surface area contributed by atoms with Gasteiger partial charge in [0.2, 0.25) is 11.8 Å². The van der Waals surface area contributed by atoms with Crippen LogP contribution < -0.4 is 25.8 Å². The molecule has 0 radical (unpaired) electrons. The molecule has 3 rings (SSSR count). The fourth-order valence-electron chi connectivity index (χ4n) is 3.22. The van der Waals surface area contributed by atoms with E-state index in [0.717, 1.165) is 25.1 Å². The molecule has 11 heteroatoms. The zero-order valence-electron chi connectivity index (χ0n) is 18.4.